The lowest BCUT2D eigenvalue weighted by Gasteiger charge is -2.34. The fraction of sp³-hybridized carbons (Fsp3) is 0.474. The molecule has 24 heavy (non-hydrogen) atoms. The maximum absolute atomic E-state index is 12.7. The maximum atomic E-state index is 12.7. The first-order valence-electron chi connectivity index (χ1n) is 8.24. The number of carbonyl (C=O) groups excluding carboxylic acids is 2. The lowest BCUT2D eigenvalue weighted by Crippen LogP contribution is -2.36. The van der Waals surface area contributed by atoms with Crippen LogP contribution in [0.1, 0.15) is 71.2 Å². The second-order valence-electron chi connectivity index (χ2n) is 7.59. The van der Waals surface area contributed by atoms with Crippen molar-refractivity contribution in [3.63, 3.8) is 0 Å². The topological polar surface area (TPSA) is 64.2 Å². The summed E-state index contributed by atoms with van der Waals surface area (Å²) in [5.41, 5.74) is 2.17. The Morgan fingerprint density at radius 2 is 2.04 bits per heavy atom. The molecular formula is C19H24N2O3. The molecule has 5 heteroatoms. The molecule has 0 unspecified atom stereocenters. The number of fused-ring (bicyclic) bond motifs is 1. The molecule has 0 aromatic carbocycles. The van der Waals surface area contributed by atoms with Gasteiger partial charge in [-0.15, -0.1) is 0 Å². The summed E-state index contributed by atoms with van der Waals surface area (Å²) in [7, 11) is 1.78. The Kier molecular flexibility index (Phi) is 3.90. The summed E-state index contributed by atoms with van der Waals surface area (Å²) in [5, 5.41) is 3.12. The minimum atomic E-state index is -0.169. The van der Waals surface area contributed by atoms with Crippen molar-refractivity contribution in [2.24, 2.45) is 12.5 Å². The van der Waals surface area contributed by atoms with Crippen LogP contribution in [0.3, 0.4) is 0 Å². The molecule has 0 saturated heterocycles. The van der Waals surface area contributed by atoms with Crippen LogP contribution in [0.5, 0.6) is 0 Å². The second-order valence-corrected chi connectivity index (χ2v) is 7.59. The number of aromatic nitrogens is 1. The lowest BCUT2D eigenvalue weighted by atomic mass is 9.74. The van der Waals surface area contributed by atoms with Crippen molar-refractivity contribution in [1.82, 2.24) is 9.88 Å². The van der Waals surface area contributed by atoms with Gasteiger partial charge < -0.3 is 14.3 Å². The number of carbonyl (C=O) groups is 2. The predicted octanol–water partition coefficient (Wildman–Crippen LogP) is 3.57. The van der Waals surface area contributed by atoms with Crippen molar-refractivity contribution < 1.29 is 14.0 Å². The summed E-state index contributed by atoms with van der Waals surface area (Å²) in [6.45, 7) is 7.80. The summed E-state index contributed by atoms with van der Waals surface area (Å²) >= 11 is 0. The van der Waals surface area contributed by atoms with Gasteiger partial charge in [-0.1, -0.05) is 13.8 Å². The third kappa shape index (κ3) is 3.03. The maximum Gasteiger partial charge on any atom is 0.268 e. The molecule has 3 rings (SSSR count). The molecule has 1 N–H and O–H groups in total. The molecule has 2 heterocycles. The Labute approximate surface area is 142 Å². The van der Waals surface area contributed by atoms with Crippen molar-refractivity contribution >= 4 is 11.7 Å². The van der Waals surface area contributed by atoms with Crippen molar-refractivity contribution in [3.8, 4) is 0 Å². The summed E-state index contributed by atoms with van der Waals surface area (Å²) < 4.78 is 7.51. The summed E-state index contributed by atoms with van der Waals surface area (Å²) in [6.07, 6.45) is 3.42. The average Bonchev–Trinajstić information content (AvgIpc) is 3.00. The highest BCUT2D eigenvalue weighted by molar-refractivity contribution is 5.99. The van der Waals surface area contributed by atoms with Crippen LogP contribution in [-0.2, 0) is 13.5 Å². The smallest absolute Gasteiger partial charge is 0.268 e. The van der Waals surface area contributed by atoms with Crippen LogP contribution in [0.2, 0.25) is 0 Å². The van der Waals surface area contributed by atoms with Crippen LogP contribution in [0.4, 0.5) is 0 Å². The molecule has 0 bridgehead atoms. The number of ketones is 1. The number of rotatable bonds is 3. The zero-order chi connectivity index (χ0) is 17.6. The van der Waals surface area contributed by atoms with E-state index in [1.165, 1.54) is 6.92 Å². The molecule has 128 valence electrons. The first-order chi connectivity index (χ1) is 11.2. The van der Waals surface area contributed by atoms with Gasteiger partial charge in [0.1, 0.15) is 17.2 Å². The van der Waals surface area contributed by atoms with E-state index in [0.29, 0.717) is 11.3 Å². The number of furan rings is 1. The predicted molar refractivity (Wildman–Crippen MR) is 91.2 cm³/mol. The van der Waals surface area contributed by atoms with E-state index >= 15 is 0 Å². The minimum Gasteiger partial charge on any atom is -0.466 e. The van der Waals surface area contributed by atoms with Gasteiger partial charge in [-0.2, -0.15) is 0 Å². The number of nitrogens with one attached hydrogen (secondary N) is 1. The second kappa shape index (κ2) is 5.65. The molecule has 2 aromatic rings. The molecule has 1 atom stereocenters. The van der Waals surface area contributed by atoms with E-state index in [1.54, 1.807) is 23.9 Å². The standard InChI is InChI=1S/C19H24N2O3/c1-11-6-14-15(8-19(3,4)9-17(14)24-11)20-18(23)16-7-13(12(2)22)10-21(16)5/h6-7,10,15H,8-9H2,1-5H3,(H,20,23)/t15-/m1/s1. The van der Waals surface area contributed by atoms with Gasteiger partial charge in [0, 0.05) is 30.8 Å². The van der Waals surface area contributed by atoms with Gasteiger partial charge >= 0.3 is 0 Å². The highest BCUT2D eigenvalue weighted by atomic mass is 16.3. The number of aryl methyl sites for hydroxylation is 2. The van der Waals surface area contributed by atoms with Crippen LogP contribution in [-0.4, -0.2) is 16.3 Å². The Hall–Kier alpha value is -2.30. The molecule has 5 nitrogen and oxygen atoms in total. The van der Waals surface area contributed by atoms with E-state index in [1.807, 2.05) is 13.0 Å². The number of Topliss-reactive ketones (excluding diaryl/α,β-unsaturated/α-hetero) is 1. The fourth-order valence-electron chi connectivity index (χ4n) is 3.53. The van der Waals surface area contributed by atoms with E-state index in [2.05, 4.69) is 19.2 Å². The Balaban J connectivity index is 1.87. The van der Waals surface area contributed by atoms with Gasteiger partial charge in [-0.3, -0.25) is 9.59 Å². The van der Waals surface area contributed by atoms with E-state index < -0.39 is 0 Å². The highest BCUT2D eigenvalue weighted by Gasteiger charge is 2.36. The minimum absolute atomic E-state index is 0.0452. The van der Waals surface area contributed by atoms with Gasteiger partial charge in [-0.05, 0) is 37.8 Å². The fourth-order valence-corrected chi connectivity index (χ4v) is 3.53. The average molecular weight is 328 g/mol. The Bertz CT molecular complexity index is 811. The van der Waals surface area contributed by atoms with Gasteiger partial charge in [0.25, 0.3) is 5.91 Å². The quantitative estimate of drug-likeness (QED) is 0.876. The Morgan fingerprint density at radius 1 is 1.33 bits per heavy atom. The van der Waals surface area contributed by atoms with Gasteiger partial charge in [0.15, 0.2) is 5.78 Å². The summed E-state index contributed by atoms with van der Waals surface area (Å²) in [6, 6.07) is 3.58. The third-order valence-electron chi connectivity index (χ3n) is 4.69. The molecule has 1 aliphatic rings. The van der Waals surface area contributed by atoms with Crippen molar-refractivity contribution in [2.75, 3.05) is 0 Å². The third-order valence-corrected chi connectivity index (χ3v) is 4.69. The number of hydrogen-bond donors (Lipinski definition) is 1. The lowest BCUT2D eigenvalue weighted by molar-refractivity contribution is 0.0909. The van der Waals surface area contributed by atoms with Crippen LogP contribution < -0.4 is 5.32 Å². The van der Waals surface area contributed by atoms with Crippen molar-refractivity contribution in [3.05, 3.63) is 46.7 Å². The van der Waals surface area contributed by atoms with Crippen molar-refractivity contribution in [1.29, 1.82) is 0 Å². The van der Waals surface area contributed by atoms with E-state index in [-0.39, 0.29) is 23.1 Å². The molecular weight excluding hydrogens is 304 g/mol. The van der Waals surface area contributed by atoms with Gasteiger partial charge in [0.2, 0.25) is 0 Å². The van der Waals surface area contributed by atoms with Gasteiger partial charge in [0.05, 0.1) is 6.04 Å². The molecule has 0 radical (unpaired) electrons. The van der Waals surface area contributed by atoms with Crippen LogP contribution in [0.25, 0.3) is 0 Å². The normalized spacial score (nSPS) is 19.0. The zero-order valence-corrected chi connectivity index (χ0v) is 14.9. The summed E-state index contributed by atoms with van der Waals surface area (Å²) in [5.74, 6) is 1.62. The monoisotopic (exact) mass is 328 g/mol. The van der Waals surface area contributed by atoms with Crippen LogP contribution in [0, 0.1) is 12.3 Å². The highest BCUT2D eigenvalue weighted by Crippen LogP contribution is 2.42. The van der Waals surface area contributed by atoms with E-state index in [0.717, 1.165) is 29.9 Å². The number of nitrogens with zero attached hydrogens (tertiary/aromatic N) is 1. The molecule has 0 spiro atoms. The molecule has 0 saturated carbocycles. The molecule has 1 aliphatic carbocycles. The Morgan fingerprint density at radius 3 is 2.67 bits per heavy atom. The first-order valence-corrected chi connectivity index (χ1v) is 8.24. The largest absolute Gasteiger partial charge is 0.466 e. The van der Waals surface area contributed by atoms with E-state index in [4.69, 9.17) is 4.42 Å². The molecule has 2 aromatic heterocycles. The molecule has 0 fully saturated rings. The van der Waals surface area contributed by atoms with Crippen molar-refractivity contribution in [2.45, 2.75) is 46.6 Å². The van der Waals surface area contributed by atoms with E-state index in [9.17, 15) is 9.59 Å². The molecule has 1 amide bonds. The first kappa shape index (κ1) is 16.6. The molecule has 0 aliphatic heterocycles. The SMILES string of the molecule is CC(=O)c1cc(C(=O)N[C@@H]2CC(C)(C)Cc3oc(C)cc32)n(C)c1. The number of amides is 1. The van der Waals surface area contributed by atoms with Gasteiger partial charge in [-0.25, -0.2) is 0 Å². The zero-order valence-electron chi connectivity index (χ0n) is 14.9. The van der Waals surface area contributed by atoms with Crippen LogP contribution in [0.15, 0.2) is 22.7 Å². The van der Waals surface area contributed by atoms with Crippen LogP contribution >= 0.6 is 0 Å². The number of hydrogen-bond acceptors (Lipinski definition) is 3. The summed E-state index contributed by atoms with van der Waals surface area (Å²) in [4.78, 5) is 24.2.